The molecule has 0 atom stereocenters. The molecular weight excluding hydrogens is 210 g/mol. The zero-order valence-electron chi connectivity index (χ0n) is 9.73. The van der Waals surface area contributed by atoms with Gasteiger partial charge in [-0.3, -0.25) is 9.78 Å². The van der Waals surface area contributed by atoms with Crippen LogP contribution in [0.2, 0.25) is 0 Å². The molecule has 1 aromatic carbocycles. The van der Waals surface area contributed by atoms with E-state index in [2.05, 4.69) is 16.8 Å². The summed E-state index contributed by atoms with van der Waals surface area (Å²) in [7, 11) is 0. The monoisotopic (exact) mass is 223 g/mol. The lowest BCUT2D eigenvalue weighted by atomic mass is 10.0. The smallest absolute Gasteiger partial charge is 0.166 e. The Hall–Kier alpha value is -2.14. The highest BCUT2D eigenvalue weighted by Crippen LogP contribution is 2.17. The Kier molecular flexibility index (Phi) is 3.52. The number of rotatable bonds is 3. The molecule has 0 aliphatic rings. The number of carbonyl (C=O) groups is 1. The molecule has 17 heavy (non-hydrogen) atoms. The van der Waals surface area contributed by atoms with Crippen LogP contribution in [0.5, 0.6) is 0 Å². The summed E-state index contributed by atoms with van der Waals surface area (Å²) in [5.74, 6) is 5.81. The summed E-state index contributed by atoms with van der Waals surface area (Å²) in [5.41, 5.74) is 1.48. The zero-order valence-corrected chi connectivity index (χ0v) is 9.73. The van der Waals surface area contributed by atoms with Crippen molar-refractivity contribution < 1.29 is 4.79 Å². The van der Waals surface area contributed by atoms with Crippen LogP contribution in [0.1, 0.15) is 30.1 Å². The van der Waals surface area contributed by atoms with E-state index in [1.54, 1.807) is 13.1 Å². The quantitative estimate of drug-likeness (QED) is 0.590. The Morgan fingerprint density at radius 2 is 2.12 bits per heavy atom. The van der Waals surface area contributed by atoms with Gasteiger partial charge in [-0.1, -0.05) is 18.2 Å². The van der Waals surface area contributed by atoms with Gasteiger partial charge in [-0.15, -0.1) is 11.8 Å². The normalized spacial score (nSPS) is 9.71. The summed E-state index contributed by atoms with van der Waals surface area (Å²) in [6.07, 6.45) is 2.78. The molecule has 2 heteroatoms. The molecule has 2 rings (SSSR count). The first-order chi connectivity index (χ1) is 8.33. The molecular formula is C15H13NO. The Morgan fingerprint density at radius 1 is 1.29 bits per heavy atom. The molecule has 0 radical (unpaired) electrons. The summed E-state index contributed by atoms with van der Waals surface area (Å²) in [4.78, 5) is 16.3. The summed E-state index contributed by atoms with van der Waals surface area (Å²) in [5, 5.41) is 1.000. The largest absolute Gasteiger partial charge is 0.294 e. The number of fused-ring (bicyclic) bond motifs is 1. The maximum absolute atomic E-state index is 12.0. The molecule has 0 amide bonds. The van der Waals surface area contributed by atoms with Crippen molar-refractivity contribution in [1.82, 2.24) is 4.98 Å². The first kappa shape index (κ1) is 11.3. The molecule has 0 aliphatic heterocycles. The zero-order chi connectivity index (χ0) is 12.1. The minimum Gasteiger partial charge on any atom is -0.294 e. The van der Waals surface area contributed by atoms with Gasteiger partial charge in [0.25, 0.3) is 0 Å². The van der Waals surface area contributed by atoms with Gasteiger partial charge in [0.2, 0.25) is 0 Å². The predicted molar refractivity (Wildman–Crippen MR) is 68.8 cm³/mol. The maximum Gasteiger partial charge on any atom is 0.166 e. The molecule has 0 N–H and O–H groups in total. The standard InChI is InChI=1S/C15H13NO/c1-2-3-4-10-14(17)13-9-5-7-12-8-6-11-16-15(12)13/h5-9,11H,4,10H2,1H3. The second kappa shape index (κ2) is 5.27. The lowest BCUT2D eigenvalue weighted by Crippen LogP contribution is -2.00. The molecule has 84 valence electrons. The maximum atomic E-state index is 12.0. The fourth-order valence-corrected chi connectivity index (χ4v) is 1.76. The average Bonchev–Trinajstić information content (AvgIpc) is 2.38. The topological polar surface area (TPSA) is 30.0 Å². The van der Waals surface area contributed by atoms with Crippen molar-refractivity contribution in [3.63, 3.8) is 0 Å². The van der Waals surface area contributed by atoms with Crippen molar-refractivity contribution in [3.8, 4) is 11.8 Å². The number of Topliss-reactive ketones (excluding diaryl/α,β-unsaturated/α-hetero) is 1. The predicted octanol–water partition coefficient (Wildman–Crippen LogP) is 3.22. The first-order valence-electron chi connectivity index (χ1n) is 5.59. The van der Waals surface area contributed by atoms with E-state index >= 15 is 0 Å². The van der Waals surface area contributed by atoms with Gasteiger partial charge < -0.3 is 0 Å². The number of pyridine rings is 1. The van der Waals surface area contributed by atoms with Gasteiger partial charge in [0.1, 0.15) is 0 Å². The van der Waals surface area contributed by atoms with E-state index in [1.165, 1.54) is 0 Å². The van der Waals surface area contributed by atoms with E-state index < -0.39 is 0 Å². The Morgan fingerprint density at radius 3 is 2.94 bits per heavy atom. The highest BCUT2D eigenvalue weighted by Gasteiger charge is 2.09. The number of hydrogen-bond donors (Lipinski definition) is 0. The molecule has 0 spiro atoms. The molecule has 2 nitrogen and oxygen atoms in total. The van der Waals surface area contributed by atoms with Crippen molar-refractivity contribution in [1.29, 1.82) is 0 Å². The van der Waals surface area contributed by atoms with Crippen molar-refractivity contribution in [2.45, 2.75) is 19.8 Å². The lowest BCUT2D eigenvalue weighted by Gasteiger charge is -2.03. The van der Waals surface area contributed by atoms with Crippen LogP contribution in [0.3, 0.4) is 0 Å². The first-order valence-corrected chi connectivity index (χ1v) is 5.59. The number of benzene rings is 1. The van der Waals surface area contributed by atoms with Crippen LogP contribution in [-0.2, 0) is 0 Å². The van der Waals surface area contributed by atoms with Crippen LogP contribution in [0.15, 0.2) is 36.5 Å². The third-order valence-corrected chi connectivity index (χ3v) is 2.59. The molecule has 0 aliphatic carbocycles. The number of nitrogens with zero attached hydrogens (tertiary/aromatic N) is 1. The summed E-state index contributed by atoms with van der Waals surface area (Å²) in [6, 6.07) is 9.52. The Bertz CT molecular complexity index is 600. The fourth-order valence-electron chi connectivity index (χ4n) is 1.76. The van der Waals surface area contributed by atoms with Crippen molar-refractivity contribution >= 4 is 16.7 Å². The average molecular weight is 223 g/mol. The second-order valence-corrected chi connectivity index (χ2v) is 3.73. The molecule has 2 aromatic rings. The molecule has 1 heterocycles. The van der Waals surface area contributed by atoms with E-state index in [9.17, 15) is 4.79 Å². The summed E-state index contributed by atoms with van der Waals surface area (Å²) < 4.78 is 0. The van der Waals surface area contributed by atoms with Gasteiger partial charge in [-0.25, -0.2) is 0 Å². The second-order valence-electron chi connectivity index (χ2n) is 3.73. The third-order valence-electron chi connectivity index (χ3n) is 2.59. The van der Waals surface area contributed by atoms with Crippen molar-refractivity contribution in [2.24, 2.45) is 0 Å². The Balaban J connectivity index is 2.34. The van der Waals surface area contributed by atoms with Crippen molar-refractivity contribution in [2.75, 3.05) is 0 Å². The number of carbonyl (C=O) groups excluding carboxylic acids is 1. The highest BCUT2D eigenvalue weighted by molar-refractivity contribution is 6.06. The van der Waals surface area contributed by atoms with E-state index in [-0.39, 0.29) is 5.78 Å². The SMILES string of the molecule is CC#CCCC(=O)c1cccc2cccnc12. The summed E-state index contributed by atoms with van der Waals surface area (Å²) in [6.45, 7) is 1.78. The molecule has 0 unspecified atom stereocenters. The Labute approximate surface area is 101 Å². The molecule has 0 bridgehead atoms. The molecule has 0 saturated heterocycles. The molecule has 0 saturated carbocycles. The van der Waals surface area contributed by atoms with E-state index in [1.807, 2.05) is 30.3 Å². The minimum atomic E-state index is 0.108. The van der Waals surface area contributed by atoms with Crippen LogP contribution in [-0.4, -0.2) is 10.8 Å². The van der Waals surface area contributed by atoms with E-state index in [0.29, 0.717) is 18.4 Å². The van der Waals surface area contributed by atoms with Crippen LogP contribution in [0, 0.1) is 11.8 Å². The fraction of sp³-hybridized carbons (Fsp3) is 0.200. The molecule has 0 fully saturated rings. The third kappa shape index (κ3) is 2.51. The molecule has 1 aromatic heterocycles. The minimum absolute atomic E-state index is 0.108. The van der Waals surface area contributed by atoms with Crippen molar-refractivity contribution in [3.05, 3.63) is 42.1 Å². The number of aromatic nitrogens is 1. The number of ketones is 1. The van der Waals surface area contributed by atoms with Gasteiger partial charge >= 0.3 is 0 Å². The number of para-hydroxylation sites is 1. The lowest BCUT2D eigenvalue weighted by molar-refractivity contribution is 0.0986. The van der Waals surface area contributed by atoms with E-state index in [4.69, 9.17) is 0 Å². The summed E-state index contributed by atoms with van der Waals surface area (Å²) >= 11 is 0. The van der Waals surface area contributed by atoms with Crippen LogP contribution >= 0.6 is 0 Å². The van der Waals surface area contributed by atoms with Crippen LogP contribution in [0.25, 0.3) is 10.9 Å². The van der Waals surface area contributed by atoms with Gasteiger partial charge in [0.05, 0.1) is 5.52 Å². The van der Waals surface area contributed by atoms with Gasteiger partial charge in [-0.05, 0) is 19.1 Å². The highest BCUT2D eigenvalue weighted by atomic mass is 16.1. The van der Waals surface area contributed by atoms with Gasteiger partial charge in [-0.2, -0.15) is 0 Å². The van der Waals surface area contributed by atoms with Gasteiger partial charge in [0, 0.05) is 30.0 Å². The van der Waals surface area contributed by atoms with Crippen LogP contribution in [0.4, 0.5) is 0 Å². The van der Waals surface area contributed by atoms with Gasteiger partial charge in [0.15, 0.2) is 5.78 Å². The van der Waals surface area contributed by atoms with E-state index in [0.717, 1.165) is 10.9 Å². The number of hydrogen-bond acceptors (Lipinski definition) is 2. The van der Waals surface area contributed by atoms with Crippen LogP contribution < -0.4 is 0 Å².